The van der Waals surface area contributed by atoms with Crippen LogP contribution in [0.5, 0.6) is 0 Å². The third kappa shape index (κ3) is 4.49. The first kappa shape index (κ1) is 16.9. The maximum absolute atomic E-state index is 6.17. The van der Waals surface area contributed by atoms with Crippen molar-refractivity contribution < 1.29 is 4.74 Å². The van der Waals surface area contributed by atoms with Crippen LogP contribution in [0.1, 0.15) is 17.2 Å². The zero-order chi connectivity index (χ0) is 15.4. The van der Waals surface area contributed by atoms with Crippen molar-refractivity contribution >= 4 is 46.4 Å². The van der Waals surface area contributed by atoms with Crippen molar-refractivity contribution in [2.75, 3.05) is 6.54 Å². The van der Waals surface area contributed by atoms with Crippen molar-refractivity contribution in [2.45, 2.75) is 12.7 Å². The molecule has 0 heterocycles. The Morgan fingerprint density at radius 3 is 2.10 bits per heavy atom. The third-order valence-electron chi connectivity index (χ3n) is 2.98. The quantitative estimate of drug-likeness (QED) is 0.758. The Morgan fingerprint density at radius 2 is 1.52 bits per heavy atom. The van der Waals surface area contributed by atoms with Gasteiger partial charge in [-0.1, -0.05) is 58.5 Å². The first-order chi connectivity index (χ1) is 10.0. The number of rotatable bonds is 5. The predicted molar refractivity (Wildman–Crippen MR) is 89.5 cm³/mol. The van der Waals surface area contributed by atoms with Crippen LogP contribution in [-0.2, 0) is 11.3 Å². The molecule has 6 heteroatoms. The van der Waals surface area contributed by atoms with Crippen LogP contribution in [0.15, 0.2) is 36.4 Å². The summed E-state index contributed by atoms with van der Waals surface area (Å²) in [5.74, 6) is 0. The van der Waals surface area contributed by atoms with Crippen LogP contribution in [0, 0.1) is 0 Å². The van der Waals surface area contributed by atoms with E-state index in [-0.39, 0.29) is 6.10 Å². The molecule has 0 aliphatic rings. The summed E-state index contributed by atoms with van der Waals surface area (Å²) in [4.78, 5) is 0. The van der Waals surface area contributed by atoms with Gasteiger partial charge in [0.05, 0.1) is 12.7 Å². The highest BCUT2D eigenvalue weighted by Gasteiger charge is 2.15. The molecule has 0 spiro atoms. The molecule has 2 aromatic carbocycles. The summed E-state index contributed by atoms with van der Waals surface area (Å²) >= 11 is 24.0. The van der Waals surface area contributed by atoms with Gasteiger partial charge in [-0.05, 0) is 29.8 Å². The van der Waals surface area contributed by atoms with Gasteiger partial charge >= 0.3 is 0 Å². The standard InChI is InChI=1S/C15H13Cl4NO/c16-10-2-1-9(13(18)5-10)8-21-15(7-20)12-4-3-11(17)6-14(12)19/h1-6,15H,7-8,20H2/t15-/m0/s1. The van der Waals surface area contributed by atoms with Crippen molar-refractivity contribution in [3.05, 3.63) is 67.6 Å². The monoisotopic (exact) mass is 363 g/mol. The summed E-state index contributed by atoms with van der Waals surface area (Å²) in [5, 5.41) is 2.24. The number of hydrogen-bond acceptors (Lipinski definition) is 2. The molecule has 112 valence electrons. The van der Waals surface area contributed by atoms with Crippen molar-refractivity contribution in [3.63, 3.8) is 0 Å². The van der Waals surface area contributed by atoms with Crippen LogP contribution in [-0.4, -0.2) is 6.54 Å². The molecule has 0 amide bonds. The minimum atomic E-state index is -0.332. The van der Waals surface area contributed by atoms with Gasteiger partial charge in [0, 0.05) is 32.2 Å². The SMILES string of the molecule is NC[C@H](OCc1ccc(Cl)cc1Cl)c1ccc(Cl)cc1Cl. The van der Waals surface area contributed by atoms with Gasteiger partial charge in [-0.15, -0.1) is 0 Å². The summed E-state index contributed by atoms with van der Waals surface area (Å²) in [5.41, 5.74) is 7.40. The fraction of sp³-hybridized carbons (Fsp3) is 0.200. The molecule has 0 bridgehead atoms. The second-order valence-corrected chi connectivity index (χ2v) is 6.12. The molecule has 0 saturated carbocycles. The summed E-state index contributed by atoms with van der Waals surface area (Å²) in [7, 11) is 0. The minimum absolute atomic E-state index is 0.298. The van der Waals surface area contributed by atoms with E-state index in [9.17, 15) is 0 Å². The lowest BCUT2D eigenvalue weighted by molar-refractivity contribution is 0.0457. The van der Waals surface area contributed by atoms with Crippen LogP contribution < -0.4 is 5.73 Å². The Morgan fingerprint density at radius 1 is 0.905 bits per heavy atom. The lowest BCUT2D eigenvalue weighted by Gasteiger charge is -2.18. The fourth-order valence-corrected chi connectivity index (χ4v) is 2.87. The second-order valence-electron chi connectivity index (χ2n) is 4.44. The van der Waals surface area contributed by atoms with E-state index in [0.29, 0.717) is 33.2 Å². The van der Waals surface area contributed by atoms with E-state index >= 15 is 0 Å². The Labute approximate surface area is 143 Å². The van der Waals surface area contributed by atoms with Crippen molar-refractivity contribution in [3.8, 4) is 0 Å². The van der Waals surface area contributed by atoms with Crippen molar-refractivity contribution in [1.29, 1.82) is 0 Å². The highest BCUT2D eigenvalue weighted by molar-refractivity contribution is 6.35. The molecular formula is C15H13Cl4NO. The minimum Gasteiger partial charge on any atom is -0.367 e. The van der Waals surface area contributed by atoms with Crippen LogP contribution in [0.2, 0.25) is 20.1 Å². The maximum Gasteiger partial charge on any atom is 0.0966 e. The Hall–Kier alpha value is -0.480. The molecule has 2 aromatic rings. The molecule has 0 aromatic heterocycles. The van der Waals surface area contributed by atoms with Gasteiger partial charge in [0.2, 0.25) is 0 Å². The van der Waals surface area contributed by atoms with Gasteiger partial charge < -0.3 is 10.5 Å². The molecule has 2 rings (SSSR count). The summed E-state index contributed by atoms with van der Waals surface area (Å²) in [6, 6.07) is 10.5. The summed E-state index contributed by atoms with van der Waals surface area (Å²) < 4.78 is 5.82. The number of halogens is 4. The lowest BCUT2D eigenvalue weighted by Crippen LogP contribution is -2.16. The lowest BCUT2D eigenvalue weighted by atomic mass is 10.1. The molecule has 0 aliphatic heterocycles. The maximum atomic E-state index is 6.17. The van der Waals surface area contributed by atoms with E-state index in [1.165, 1.54) is 0 Å². The molecule has 21 heavy (non-hydrogen) atoms. The van der Waals surface area contributed by atoms with Gasteiger partial charge in [0.15, 0.2) is 0 Å². The average Bonchev–Trinajstić information content (AvgIpc) is 2.43. The van der Waals surface area contributed by atoms with E-state index in [1.807, 2.05) is 12.1 Å². The van der Waals surface area contributed by atoms with Crippen molar-refractivity contribution in [2.24, 2.45) is 5.73 Å². The number of benzene rings is 2. The Bertz CT molecular complexity index is 633. The molecule has 0 fully saturated rings. The molecule has 2 N–H and O–H groups in total. The van der Waals surface area contributed by atoms with Crippen LogP contribution >= 0.6 is 46.4 Å². The molecule has 2 nitrogen and oxygen atoms in total. The Kier molecular flexibility index (Phi) is 6.18. The smallest absolute Gasteiger partial charge is 0.0966 e. The highest BCUT2D eigenvalue weighted by atomic mass is 35.5. The average molecular weight is 365 g/mol. The molecule has 0 unspecified atom stereocenters. The number of hydrogen-bond donors (Lipinski definition) is 1. The second kappa shape index (κ2) is 7.68. The van der Waals surface area contributed by atoms with E-state index < -0.39 is 0 Å². The zero-order valence-corrected chi connectivity index (χ0v) is 14.0. The van der Waals surface area contributed by atoms with Gasteiger partial charge in [0.25, 0.3) is 0 Å². The zero-order valence-electron chi connectivity index (χ0n) is 11.0. The fourth-order valence-electron chi connectivity index (χ4n) is 1.88. The highest BCUT2D eigenvalue weighted by Crippen LogP contribution is 2.29. The first-order valence-electron chi connectivity index (χ1n) is 6.22. The number of ether oxygens (including phenoxy) is 1. The van der Waals surface area contributed by atoms with Crippen molar-refractivity contribution in [1.82, 2.24) is 0 Å². The Balaban J connectivity index is 2.12. The summed E-state index contributed by atoms with van der Waals surface area (Å²) in [6.07, 6.45) is -0.332. The topological polar surface area (TPSA) is 35.2 Å². The normalized spacial score (nSPS) is 12.4. The molecular weight excluding hydrogens is 352 g/mol. The molecule has 0 radical (unpaired) electrons. The van der Waals surface area contributed by atoms with Gasteiger partial charge in [-0.2, -0.15) is 0 Å². The summed E-state index contributed by atoms with van der Waals surface area (Å²) in [6.45, 7) is 0.614. The number of nitrogens with two attached hydrogens (primary N) is 1. The molecule has 1 atom stereocenters. The molecule has 0 saturated heterocycles. The van der Waals surface area contributed by atoms with Gasteiger partial charge in [0.1, 0.15) is 0 Å². The van der Waals surface area contributed by atoms with Gasteiger partial charge in [-0.25, -0.2) is 0 Å². The van der Waals surface area contributed by atoms with E-state index in [4.69, 9.17) is 56.9 Å². The largest absolute Gasteiger partial charge is 0.367 e. The van der Waals surface area contributed by atoms with Crippen LogP contribution in [0.3, 0.4) is 0 Å². The first-order valence-corrected chi connectivity index (χ1v) is 7.73. The van der Waals surface area contributed by atoms with Crippen LogP contribution in [0.4, 0.5) is 0 Å². The van der Waals surface area contributed by atoms with E-state index in [2.05, 4.69) is 0 Å². The van der Waals surface area contributed by atoms with Crippen LogP contribution in [0.25, 0.3) is 0 Å². The molecule has 0 aliphatic carbocycles. The predicted octanol–water partition coefficient (Wildman–Crippen LogP) is 5.52. The third-order valence-corrected chi connectivity index (χ3v) is 4.13. The van der Waals surface area contributed by atoms with Gasteiger partial charge in [-0.3, -0.25) is 0 Å². The van der Waals surface area contributed by atoms with E-state index in [0.717, 1.165) is 11.1 Å². The van der Waals surface area contributed by atoms with E-state index in [1.54, 1.807) is 24.3 Å².